The number of ether oxygens (including phenoxy) is 1. The second-order valence-electron chi connectivity index (χ2n) is 8.63. The number of rotatable bonds is 3. The van der Waals surface area contributed by atoms with E-state index in [2.05, 4.69) is 32.2 Å². The molecule has 0 radical (unpaired) electrons. The van der Waals surface area contributed by atoms with Crippen LogP contribution in [-0.4, -0.2) is 22.7 Å². The molecule has 8 heteroatoms. The van der Waals surface area contributed by atoms with E-state index in [1.54, 1.807) is 17.0 Å². The predicted molar refractivity (Wildman–Crippen MR) is 129 cm³/mol. The molecule has 2 amide bonds. The summed E-state index contributed by atoms with van der Waals surface area (Å²) in [5.41, 5.74) is 3.72. The number of thiocarbonyl (C=S) groups is 1. The lowest BCUT2D eigenvalue weighted by molar-refractivity contribution is -0.121. The first-order valence-electron chi connectivity index (χ1n) is 10.0. The number of benzene rings is 2. The predicted octanol–water partition coefficient (Wildman–Crippen LogP) is 4.27. The molecule has 2 aromatic rings. The molecule has 2 heterocycles. The molecule has 6 nitrogen and oxygen atoms in total. The SMILES string of the molecule is CC(C)(C)c1cc(C#N)cc(CN2C(=O)COc3ccc(C=C4SC(=S)NC4=O)cc32)c1. The van der Waals surface area contributed by atoms with Crippen molar-refractivity contribution in [2.75, 3.05) is 11.5 Å². The van der Waals surface area contributed by atoms with Crippen molar-refractivity contribution in [3.8, 4) is 11.8 Å². The molecule has 162 valence electrons. The minimum Gasteiger partial charge on any atom is -0.482 e. The molecular formula is C24H21N3O3S2. The number of carbonyl (C=O) groups is 2. The van der Waals surface area contributed by atoms with Crippen molar-refractivity contribution < 1.29 is 14.3 Å². The number of thioether (sulfide) groups is 1. The fourth-order valence-corrected chi connectivity index (χ4v) is 4.56. The summed E-state index contributed by atoms with van der Waals surface area (Å²) in [6, 6.07) is 13.4. The van der Waals surface area contributed by atoms with Crippen molar-refractivity contribution in [3.63, 3.8) is 0 Å². The van der Waals surface area contributed by atoms with E-state index in [9.17, 15) is 14.9 Å². The first-order valence-corrected chi connectivity index (χ1v) is 11.2. The number of hydrogen-bond acceptors (Lipinski definition) is 6. The monoisotopic (exact) mass is 463 g/mol. The van der Waals surface area contributed by atoms with Gasteiger partial charge in [-0.2, -0.15) is 5.26 Å². The van der Waals surface area contributed by atoms with E-state index in [0.717, 1.165) is 16.7 Å². The third-order valence-electron chi connectivity index (χ3n) is 5.19. The first-order chi connectivity index (χ1) is 15.1. The van der Waals surface area contributed by atoms with E-state index < -0.39 is 0 Å². The van der Waals surface area contributed by atoms with Gasteiger partial charge >= 0.3 is 0 Å². The van der Waals surface area contributed by atoms with Gasteiger partial charge in [0.1, 0.15) is 10.1 Å². The highest BCUT2D eigenvalue weighted by atomic mass is 32.2. The van der Waals surface area contributed by atoms with Gasteiger partial charge in [0.15, 0.2) is 6.61 Å². The third-order valence-corrected chi connectivity index (χ3v) is 6.36. The van der Waals surface area contributed by atoms with Gasteiger partial charge in [0, 0.05) is 0 Å². The number of nitrogens with zero attached hydrogens (tertiary/aromatic N) is 2. The molecule has 0 aliphatic carbocycles. The second-order valence-corrected chi connectivity index (χ2v) is 10.3. The van der Waals surface area contributed by atoms with E-state index in [1.165, 1.54) is 11.8 Å². The maximum absolute atomic E-state index is 12.8. The van der Waals surface area contributed by atoms with Crippen molar-refractivity contribution in [2.45, 2.75) is 32.7 Å². The lowest BCUT2D eigenvalue weighted by Gasteiger charge is -2.30. The van der Waals surface area contributed by atoms with Crippen LogP contribution in [-0.2, 0) is 21.5 Å². The van der Waals surface area contributed by atoms with Gasteiger partial charge in [0.25, 0.3) is 11.8 Å². The van der Waals surface area contributed by atoms with Crippen LogP contribution in [0.5, 0.6) is 5.75 Å². The molecule has 0 saturated carbocycles. The van der Waals surface area contributed by atoms with Crippen molar-refractivity contribution in [1.29, 1.82) is 5.26 Å². The summed E-state index contributed by atoms with van der Waals surface area (Å²) >= 11 is 6.25. The molecule has 1 saturated heterocycles. The number of hydrogen-bond donors (Lipinski definition) is 1. The smallest absolute Gasteiger partial charge is 0.265 e. The van der Waals surface area contributed by atoms with Crippen LogP contribution in [0.3, 0.4) is 0 Å². The quantitative estimate of drug-likeness (QED) is 0.541. The van der Waals surface area contributed by atoms with Gasteiger partial charge in [-0.25, -0.2) is 0 Å². The molecule has 0 unspecified atom stereocenters. The van der Waals surface area contributed by atoms with Crippen LogP contribution < -0.4 is 15.0 Å². The van der Waals surface area contributed by atoms with Crippen LogP contribution >= 0.6 is 24.0 Å². The van der Waals surface area contributed by atoms with Gasteiger partial charge in [0.2, 0.25) is 0 Å². The number of nitriles is 1. The molecule has 1 fully saturated rings. The summed E-state index contributed by atoms with van der Waals surface area (Å²) in [5.74, 6) is 0.194. The highest BCUT2D eigenvalue weighted by Gasteiger charge is 2.27. The number of amides is 2. The molecule has 0 spiro atoms. The molecule has 0 aromatic heterocycles. The summed E-state index contributed by atoms with van der Waals surface area (Å²) < 4.78 is 6.04. The molecule has 32 heavy (non-hydrogen) atoms. The van der Waals surface area contributed by atoms with Crippen LogP contribution in [0, 0.1) is 11.3 Å². The van der Waals surface area contributed by atoms with Crippen LogP contribution in [0.4, 0.5) is 5.69 Å². The van der Waals surface area contributed by atoms with Crippen LogP contribution in [0.2, 0.25) is 0 Å². The van der Waals surface area contributed by atoms with Gasteiger partial charge < -0.3 is 15.0 Å². The standard InChI is InChI=1S/C24H21N3O3S2/c1-24(2,3)17-7-15(11-25)6-16(8-17)12-27-18-9-14(4-5-19(18)30-13-21(27)28)10-20-22(29)26-23(31)32-20/h4-10H,12-13H2,1-3H3,(H,26,29,31). The molecule has 2 aliphatic rings. The van der Waals surface area contributed by atoms with Gasteiger partial charge in [0.05, 0.1) is 28.8 Å². The Morgan fingerprint density at radius 2 is 2.03 bits per heavy atom. The van der Waals surface area contributed by atoms with Gasteiger partial charge in [-0.15, -0.1) is 0 Å². The minimum absolute atomic E-state index is 0.0516. The van der Waals surface area contributed by atoms with E-state index in [1.807, 2.05) is 30.3 Å². The van der Waals surface area contributed by atoms with Crippen LogP contribution in [0.15, 0.2) is 41.3 Å². The minimum atomic E-state index is -0.232. The van der Waals surface area contributed by atoms with E-state index >= 15 is 0 Å². The Morgan fingerprint density at radius 3 is 2.69 bits per heavy atom. The fourth-order valence-electron chi connectivity index (χ4n) is 3.52. The Bertz CT molecular complexity index is 1220. The molecule has 0 bridgehead atoms. The Kier molecular flexibility index (Phi) is 5.80. The maximum atomic E-state index is 12.8. The maximum Gasteiger partial charge on any atom is 0.265 e. The molecule has 4 rings (SSSR count). The topological polar surface area (TPSA) is 82.4 Å². The summed E-state index contributed by atoms with van der Waals surface area (Å²) in [7, 11) is 0. The third kappa shape index (κ3) is 4.54. The Balaban J connectivity index is 1.71. The highest BCUT2D eigenvalue weighted by Crippen LogP contribution is 2.36. The van der Waals surface area contributed by atoms with Crippen molar-refractivity contribution in [2.24, 2.45) is 0 Å². The van der Waals surface area contributed by atoms with E-state index in [4.69, 9.17) is 17.0 Å². The second kappa shape index (κ2) is 8.41. The number of carbonyl (C=O) groups excluding carboxylic acids is 2. The van der Waals surface area contributed by atoms with E-state index in [0.29, 0.717) is 32.8 Å². The Labute approximate surface area is 196 Å². The normalized spacial score (nSPS) is 17.1. The van der Waals surface area contributed by atoms with Crippen molar-refractivity contribution in [1.82, 2.24) is 5.32 Å². The molecule has 1 N–H and O–H groups in total. The lowest BCUT2D eigenvalue weighted by atomic mass is 9.85. The molecule has 0 atom stereocenters. The summed E-state index contributed by atoms with van der Waals surface area (Å²) in [6.07, 6.45) is 1.74. The number of fused-ring (bicyclic) bond motifs is 1. The van der Waals surface area contributed by atoms with Gasteiger partial charge in [-0.1, -0.05) is 56.9 Å². The van der Waals surface area contributed by atoms with Crippen molar-refractivity contribution >= 4 is 51.9 Å². The van der Waals surface area contributed by atoms with Gasteiger partial charge in [-0.05, 0) is 52.4 Å². The van der Waals surface area contributed by atoms with E-state index in [-0.39, 0.29) is 23.8 Å². The van der Waals surface area contributed by atoms with Crippen molar-refractivity contribution in [3.05, 3.63) is 63.6 Å². The summed E-state index contributed by atoms with van der Waals surface area (Å²) in [4.78, 5) is 27.0. The molecular weight excluding hydrogens is 442 g/mol. The van der Waals surface area contributed by atoms with Crippen LogP contribution in [0.25, 0.3) is 6.08 Å². The Hall–Kier alpha value is -3.15. The zero-order chi connectivity index (χ0) is 23.0. The molecule has 2 aromatic carbocycles. The summed E-state index contributed by atoms with van der Waals surface area (Å²) in [5, 5.41) is 12.1. The number of anilines is 1. The zero-order valence-corrected chi connectivity index (χ0v) is 19.5. The largest absolute Gasteiger partial charge is 0.482 e. The average Bonchev–Trinajstić information content (AvgIpc) is 3.06. The molecule has 2 aliphatic heterocycles. The van der Waals surface area contributed by atoms with Crippen LogP contribution in [0.1, 0.15) is 43.0 Å². The Morgan fingerprint density at radius 1 is 1.25 bits per heavy atom. The fraction of sp³-hybridized carbons (Fsp3) is 0.250. The first kappa shape index (κ1) is 22.1. The average molecular weight is 464 g/mol. The highest BCUT2D eigenvalue weighted by molar-refractivity contribution is 8.26. The van der Waals surface area contributed by atoms with Gasteiger partial charge in [-0.3, -0.25) is 9.59 Å². The summed E-state index contributed by atoms with van der Waals surface area (Å²) in [6.45, 7) is 6.53. The zero-order valence-electron chi connectivity index (χ0n) is 17.9. The lowest BCUT2D eigenvalue weighted by Crippen LogP contribution is -2.38. The number of nitrogens with one attached hydrogen (secondary N) is 1.